The van der Waals surface area contributed by atoms with Crippen LogP contribution in [0.4, 0.5) is 5.69 Å². The third-order valence-corrected chi connectivity index (χ3v) is 6.25. The first-order chi connectivity index (χ1) is 13.7. The molecule has 1 saturated heterocycles. The van der Waals surface area contributed by atoms with Gasteiger partial charge in [0, 0.05) is 41.6 Å². The summed E-state index contributed by atoms with van der Waals surface area (Å²) in [6, 6.07) is 13.6. The van der Waals surface area contributed by atoms with E-state index in [1.165, 1.54) is 20.4 Å². The average molecular weight is 494 g/mol. The Morgan fingerprint density at radius 1 is 1.04 bits per heavy atom. The number of hydrogen-bond donors (Lipinski definition) is 0. The van der Waals surface area contributed by atoms with E-state index in [2.05, 4.69) is 62.7 Å². The third kappa shape index (κ3) is 4.23. The monoisotopic (exact) mass is 494 g/mol. The molecule has 0 saturated carbocycles. The van der Waals surface area contributed by atoms with Crippen LogP contribution in [0.3, 0.4) is 0 Å². The van der Waals surface area contributed by atoms with Crippen LogP contribution in [0.15, 0.2) is 36.4 Å². The van der Waals surface area contributed by atoms with Crippen molar-refractivity contribution >= 4 is 28.3 Å². The molecule has 2 aromatic carbocycles. The number of anilines is 1. The number of nitrogens with zero attached hydrogens (tertiary/aromatic N) is 2. The first-order valence-electron chi connectivity index (χ1n) is 9.74. The molecule has 0 bridgehead atoms. The topological polar surface area (TPSA) is 34.2 Å². The van der Waals surface area contributed by atoms with Crippen molar-refractivity contribution in [2.24, 2.45) is 0 Å². The van der Waals surface area contributed by atoms with E-state index in [0.29, 0.717) is 6.04 Å². The van der Waals surface area contributed by atoms with Gasteiger partial charge in [0.15, 0.2) is 11.5 Å². The molecule has 2 aromatic rings. The highest BCUT2D eigenvalue weighted by molar-refractivity contribution is 14.1. The van der Waals surface area contributed by atoms with Crippen molar-refractivity contribution < 1.29 is 14.2 Å². The Bertz CT molecular complexity index is 823. The van der Waals surface area contributed by atoms with Crippen LogP contribution in [0, 0.1) is 3.57 Å². The Kier molecular flexibility index (Phi) is 6.28. The Morgan fingerprint density at radius 2 is 1.82 bits per heavy atom. The predicted molar refractivity (Wildman–Crippen MR) is 119 cm³/mol. The van der Waals surface area contributed by atoms with Gasteiger partial charge in [0.2, 0.25) is 0 Å². The summed E-state index contributed by atoms with van der Waals surface area (Å²) >= 11 is 2.41. The number of methoxy groups -OCH3 is 2. The van der Waals surface area contributed by atoms with Gasteiger partial charge in [0.05, 0.1) is 20.9 Å². The summed E-state index contributed by atoms with van der Waals surface area (Å²) in [6.45, 7) is 4.49. The lowest BCUT2D eigenvalue weighted by Gasteiger charge is -2.44. The van der Waals surface area contributed by atoms with Crippen molar-refractivity contribution in [3.05, 3.63) is 51.1 Å². The van der Waals surface area contributed by atoms with Crippen LogP contribution in [0.5, 0.6) is 11.5 Å². The summed E-state index contributed by atoms with van der Waals surface area (Å²) in [6.07, 6.45) is 2.19. The molecule has 0 N–H and O–H groups in total. The van der Waals surface area contributed by atoms with Gasteiger partial charge in [-0.3, -0.25) is 4.90 Å². The van der Waals surface area contributed by atoms with Crippen LogP contribution in [-0.4, -0.2) is 45.0 Å². The summed E-state index contributed by atoms with van der Waals surface area (Å²) in [5.41, 5.74) is 4.03. The maximum absolute atomic E-state index is 5.60. The van der Waals surface area contributed by atoms with Gasteiger partial charge < -0.3 is 19.1 Å². The summed E-state index contributed by atoms with van der Waals surface area (Å²) < 4.78 is 17.8. The standard InChI is InChI=1S/C22H27IN2O3/c1-26-21-6-3-16(11-22(21)27-2)13-24-14-17-12-18(23)4-5-20(17)25(15-24)19-7-9-28-10-8-19/h3-6,11-12,19H,7-10,13-15H2,1-2H3. The van der Waals surface area contributed by atoms with Gasteiger partial charge in [0.25, 0.3) is 0 Å². The highest BCUT2D eigenvalue weighted by Crippen LogP contribution is 2.34. The zero-order valence-corrected chi connectivity index (χ0v) is 18.6. The molecule has 0 amide bonds. The second kappa shape index (κ2) is 8.88. The van der Waals surface area contributed by atoms with Crippen LogP contribution in [0.25, 0.3) is 0 Å². The van der Waals surface area contributed by atoms with E-state index in [1.54, 1.807) is 14.2 Å². The van der Waals surface area contributed by atoms with E-state index in [4.69, 9.17) is 14.2 Å². The summed E-state index contributed by atoms with van der Waals surface area (Å²) in [7, 11) is 3.36. The molecule has 28 heavy (non-hydrogen) atoms. The smallest absolute Gasteiger partial charge is 0.161 e. The summed E-state index contributed by atoms with van der Waals surface area (Å²) in [4.78, 5) is 5.09. The maximum atomic E-state index is 5.60. The van der Waals surface area contributed by atoms with E-state index < -0.39 is 0 Å². The van der Waals surface area contributed by atoms with Crippen LogP contribution < -0.4 is 14.4 Å². The molecule has 5 nitrogen and oxygen atoms in total. The van der Waals surface area contributed by atoms with Crippen LogP contribution in [0.1, 0.15) is 24.0 Å². The molecule has 2 aliphatic heterocycles. The molecule has 0 aromatic heterocycles. The van der Waals surface area contributed by atoms with E-state index in [9.17, 15) is 0 Å². The SMILES string of the molecule is COc1ccc(CN2Cc3cc(I)ccc3N(C3CCOCC3)C2)cc1OC. The third-order valence-electron chi connectivity index (χ3n) is 5.58. The molecular weight excluding hydrogens is 467 g/mol. The Labute approximate surface area is 180 Å². The molecule has 2 heterocycles. The summed E-state index contributed by atoms with van der Waals surface area (Å²) in [5.74, 6) is 1.56. The fraction of sp³-hybridized carbons (Fsp3) is 0.455. The molecule has 0 spiro atoms. The minimum atomic E-state index is 0.542. The lowest BCUT2D eigenvalue weighted by atomic mass is 10.0. The van der Waals surface area contributed by atoms with Crippen LogP contribution in [-0.2, 0) is 17.8 Å². The average Bonchev–Trinajstić information content (AvgIpc) is 2.73. The van der Waals surface area contributed by atoms with Crippen molar-refractivity contribution in [3.63, 3.8) is 0 Å². The van der Waals surface area contributed by atoms with Crippen LogP contribution >= 0.6 is 22.6 Å². The van der Waals surface area contributed by atoms with E-state index in [1.807, 2.05) is 6.07 Å². The fourth-order valence-corrected chi connectivity index (χ4v) is 4.75. The summed E-state index contributed by atoms with van der Waals surface area (Å²) in [5, 5.41) is 0. The molecule has 6 heteroatoms. The Balaban J connectivity index is 1.58. The normalized spacial score (nSPS) is 18.0. The molecule has 1 fully saturated rings. The first kappa shape index (κ1) is 19.8. The Hall–Kier alpha value is -1.51. The predicted octanol–water partition coefficient (Wildman–Crippen LogP) is 4.27. The number of halogens is 1. The number of ether oxygens (including phenoxy) is 3. The van der Waals surface area contributed by atoms with Crippen molar-refractivity contribution in [1.29, 1.82) is 0 Å². The fourth-order valence-electron chi connectivity index (χ4n) is 4.20. The number of fused-ring (bicyclic) bond motifs is 1. The van der Waals surface area contributed by atoms with Crippen LogP contribution in [0.2, 0.25) is 0 Å². The number of benzene rings is 2. The minimum absolute atomic E-state index is 0.542. The van der Waals surface area contributed by atoms with Crippen molar-refractivity contribution in [1.82, 2.24) is 4.90 Å². The quantitative estimate of drug-likeness (QED) is 0.581. The van der Waals surface area contributed by atoms with Crippen molar-refractivity contribution in [3.8, 4) is 11.5 Å². The highest BCUT2D eigenvalue weighted by Gasteiger charge is 2.29. The number of rotatable bonds is 5. The molecule has 4 rings (SSSR count). The van der Waals surface area contributed by atoms with Gasteiger partial charge in [-0.15, -0.1) is 0 Å². The van der Waals surface area contributed by atoms with Crippen molar-refractivity contribution in [2.75, 3.05) is 39.0 Å². The van der Waals surface area contributed by atoms with Gasteiger partial charge in [0.1, 0.15) is 0 Å². The first-order valence-corrected chi connectivity index (χ1v) is 10.8. The van der Waals surface area contributed by atoms with Gasteiger partial charge >= 0.3 is 0 Å². The van der Waals surface area contributed by atoms with Gasteiger partial charge in [-0.2, -0.15) is 0 Å². The lowest BCUT2D eigenvalue weighted by molar-refractivity contribution is 0.0793. The van der Waals surface area contributed by atoms with Gasteiger partial charge in [-0.1, -0.05) is 6.07 Å². The number of hydrogen-bond acceptors (Lipinski definition) is 5. The van der Waals surface area contributed by atoms with E-state index in [0.717, 1.165) is 57.3 Å². The maximum Gasteiger partial charge on any atom is 0.161 e. The molecule has 0 atom stereocenters. The molecule has 0 aliphatic carbocycles. The van der Waals surface area contributed by atoms with Gasteiger partial charge in [-0.25, -0.2) is 0 Å². The van der Waals surface area contributed by atoms with Gasteiger partial charge in [-0.05, 0) is 76.9 Å². The molecule has 0 unspecified atom stereocenters. The van der Waals surface area contributed by atoms with E-state index >= 15 is 0 Å². The zero-order chi connectivity index (χ0) is 19.5. The van der Waals surface area contributed by atoms with Crippen molar-refractivity contribution in [2.45, 2.75) is 32.0 Å². The molecule has 2 aliphatic rings. The molecule has 0 radical (unpaired) electrons. The zero-order valence-electron chi connectivity index (χ0n) is 16.5. The minimum Gasteiger partial charge on any atom is -0.493 e. The lowest BCUT2D eigenvalue weighted by Crippen LogP contribution is -2.49. The molecular formula is C22H27IN2O3. The second-order valence-corrected chi connectivity index (χ2v) is 8.65. The molecule has 150 valence electrons. The Morgan fingerprint density at radius 3 is 2.57 bits per heavy atom. The second-order valence-electron chi connectivity index (χ2n) is 7.40. The largest absolute Gasteiger partial charge is 0.493 e. The van der Waals surface area contributed by atoms with E-state index in [-0.39, 0.29) is 0 Å². The highest BCUT2D eigenvalue weighted by atomic mass is 127.